The highest BCUT2D eigenvalue weighted by Crippen LogP contribution is 2.49. The van der Waals surface area contributed by atoms with E-state index in [2.05, 4.69) is 0 Å². The normalized spacial score (nSPS) is 17.7. The third-order valence-electron chi connectivity index (χ3n) is 5.75. The molecule has 0 spiro atoms. The van der Waals surface area contributed by atoms with E-state index in [1.165, 1.54) is 12.1 Å². The number of methoxy groups -OCH3 is 1. The number of carboxylic acids is 1. The lowest BCUT2D eigenvalue weighted by Crippen LogP contribution is -2.21. The van der Waals surface area contributed by atoms with Crippen molar-refractivity contribution in [3.05, 3.63) is 94.2 Å². The molecule has 1 N–H and O–H groups in total. The molecule has 0 saturated heterocycles. The maximum atomic E-state index is 13.0. The molecule has 0 aliphatic carbocycles. The van der Waals surface area contributed by atoms with Crippen LogP contribution in [0.4, 0.5) is 0 Å². The van der Waals surface area contributed by atoms with Crippen LogP contribution in [-0.2, 0) is 4.79 Å². The molecule has 1 atom stereocenters. The van der Waals surface area contributed by atoms with Crippen molar-refractivity contribution in [2.45, 2.75) is 12.3 Å². The summed E-state index contributed by atoms with van der Waals surface area (Å²) in [5.74, 6) is -0.589. The predicted molar refractivity (Wildman–Crippen MR) is 118 cm³/mol. The molecule has 7 nitrogen and oxygen atoms in total. The van der Waals surface area contributed by atoms with Crippen LogP contribution in [0.25, 0.3) is 6.08 Å². The number of fused-ring (bicyclic) bond motifs is 3. The van der Waals surface area contributed by atoms with E-state index in [0.717, 1.165) is 11.1 Å². The van der Waals surface area contributed by atoms with E-state index < -0.39 is 17.9 Å². The Labute approximate surface area is 188 Å². The van der Waals surface area contributed by atoms with Crippen molar-refractivity contribution in [2.75, 3.05) is 7.11 Å². The summed E-state index contributed by atoms with van der Waals surface area (Å²) in [7, 11) is 1.58. The Kier molecular flexibility index (Phi) is 4.94. The molecule has 0 unspecified atom stereocenters. The fourth-order valence-corrected chi connectivity index (χ4v) is 4.10. The minimum absolute atomic E-state index is 0.0466. The van der Waals surface area contributed by atoms with E-state index in [9.17, 15) is 19.5 Å². The molecular formula is C26H18O7. The Morgan fingerprint density at radius 3 is 2.39 bits per heavy atom. The highest BCUT2D eigenvalue weighted by atomic mass is 16.5. The third-order valence-corrected chi connectivity index (χ3v) is 5.75. The molecule has 33 heavy (non-hydrogen) atoms. The Bertz CT molecular complexity index is 1320. The average molecular weight is 442 g/mol. The van der Waals surface area contributed by atoms with E-state index in [4.69, 9.17) is 14.2 Å². The first-order chi connectivity index (χ1) is 15.9. The van der Waals surface area contributed by atoms with E-state index in [1.807, 2.05) is 12.1 Å². The molecule has 3 aromatic carbocycles. The van der Waals surface area contributed by atoms with E-state index >= 15 is 0 Å². The van der Waals surface area contributed by atoms with Gasteiger partial charge in [0.05, 0.1) is 24.7 Å². The van der Waals surface area contributed by atoms with Crippen LogP contribution in [0.3, 0.4) is 0 Å². The lowest BCUT2D eigenvalue weighted by Gasteiger charge is -2.26. The third kappa shape index (κ3) is 3.63. The first-order valence-corrected chi connectivity index (χ1v) is 10.2. The van der Waals surface area contributed by atoms with Gasteiger partial charge in [-0.3, -0.25) is 9.59 Å². The Hall–Kier alpha value is -4.39. The van der Waals surface area contributed by atoms with Crippen molar-refractivity contribution in [3.63, 3.8) is 0 Å². The number of rotatable bonds is 4. The molecule has 0 radical (unpaired) electrons. The lowest BCUT2D eigenvalue weighted by molar-refractivity contribution is -0.135. The Morgan fingerprint density at radius 1 is 1.00 bits per heavy atom. The molecule has 7 heteroatoms. The molecule has 0 amide bonds. The number of ether oxygens (including phenoxy) is 3. The molecule has 0 bridgehead atoms. The van der Waals surface area contributed by atoms with Gasteiger partial charge in [0.2, 0.25) is 5.78 Å². The maximum absolute atomic E-state index is 13.0. The van der Waals surface area contributed by atoms with Gasteiger partial charge in [0, 0.05) is 11.5 Å². The van der Waals surface area contributed by atoms with Gasteiger partial charge in [-0.15, -0.1) is 0 Å². The van der Waals surface area contributed by atoms with Gasteiger partial charge in [-0.25, -0.2) is 4.79 Å². The molecule has 2 aliphatic heterocycles. The second-order valence-electron chi connectivity index (χ2n) is 7.72. The van der Waals surface area contributed by atoms with Crippen LogP contribution in [0.15, 0.2) is 66.4 Å². The van der Waals surface area contributed by atoms with Crippen LogP contribution in [-0.4, -0.2) is 29.9 Å². The topological polar surface area (TPSA) is 99.1 Å². The number of allylic oxidation sites excluding steroid dienone is 1. The predicted octanol–water partition coefficient (Wildman–Crippen LogP) is 4.45. The Morgan fingerprint density at radius 2 is 1.73 bits per heavy atom. The SMILES string of the molecule is COc1ccc(/C=C2\Oc3c(ccc4c3[C@H](c3ccc(C(=O)O)cc3)CC(=O)O4)C2=O)cc1. The minimum Gasteiger partial charge on any atom is -0.497 e. The molecule has 2 heterocycles. The highest BCUT2D eigenvalue weighted by Gasteiger charge is 2.38. The maximum Gasteiger partial charge on any atom is 0.335 e. The standard InChI is InChI=1S/C26H18O7/c1-31-17-8-2-14(3-9-17)12-21-24(28)18-10-11-20-23(25(18)33-21)19(13-22(27)32-20)15-4-6-16(7-5-15)26(29)30/h2-12,19H,13H2,1H3,(H,29,30)/b21-12-/t19-/m0/s1. The van der Waals surface area contributed by atoms with Gasteiger partial charge in [0.15, 0.2) is 5.76 Å². The number of esters is 1. The summed E-state index contributed by atoms with van der Waals surface area (Å²) in [6.45, 7) is 0. The van der Waals surface area contributed by atoms with Gasteiger partial charge in [0.1, 0.15) is 17.2 Å². The number of hydrogen-bond donors (Lipinski definition) is 1. The minimum atomic E-state index is -1.03. The smallest absolute Gasteiger partial charge is 0.335 e. The fourth-order valence-electron chi connectivity index (χ4n) is 4.10. The van der Waals surface area contributed by atoms with Gasteiger partial charge in [-0.2, -0.15) is 0 Å². The van der Waals surface area contributed by atoms with Crippen molar-refractivity contribution in [1.29, 1.82) is 0 Å². The zero-order chi connectivity index (χ0) is 23.1. The fraction of sp³-hybridized carbons (Fsp3) is 0.115. The van der Waals surface area contributed by atoms with E-state index in [1.54, 1.807) is 49.6 Å². The summed E-state index contributed by atoms with van der Waals surface area (Å²) in [4.78, 5) is 36.5. The Balaban J connectivity index is 1.56. The molecule has 2 aliphatic rings. The second-order valence-corrected chi connectivity index (χ2v) is 7.72. The zero-order valence-electron chi connectivity index (χ0n) is 17.5. The first kappa shape index (κ1) is 20.5. The number of carbonyl (C=O) groups is 3. The summed E-state index contributed by atoms with van der Waals surface area (Å²) in [5, 5.41) is 9.18. The van der Waals surface area contributed by atoms with Crippen LogP contribution < -0.4 is 14.2 Å². The number of benzene rings is 3. The zero-order valence-corrected chi connectivity index (χ0v) is 17.5. The average Bonchev–Trinajstić information content (AvgIpc) is 3.14. The molecular weight excluding hydrogens is 424 g/mol. The molecule has 0 fully saturated rings. The molecule has 0 saturated carbocycles. The molecule has 164 valence electrons. The highest BCUT2D eigenvalue weighted by molar-refractivity contribution is 6.15. The van der Waals surface area contributed by atoms with Gasteiger partial charge >= 0.3 is 11.9 Å². The monoisotopic (exact) mass is 442 g/mol. The van der Waals surface area contributed by atoms with Crippen LogP contribution in [0.1, 0.15) is 49.7 Å². The number of Topliss-reactive ketones (excluding diaryl/α,β-unsaturated/α-hetero) is 1. The van der Waals surface area contributed by atoms with Crippen LogP contribution in [0, 0.1) is 0 Å². The van der Waals surface area contributed by atoms with Crippen molar-refractivity contribution in [3.8, 4) is 17.2 Å². The lowest BCUT2D eigenvalue weighted by atomic mass is 9.84. The van der Waals surface area contributed by atoms with Crippen molar-refractivity contribution in [2.24, 2.45) is 0 Å². The molecule has 0 aromatic heterocycles. The second kappa shape index (κ2) is 7.94. The molecule has 5 rings (SSSR count). The summed E-state index contributed by atoms with van der Waals surface area (Å²) in [6, 6.07) is 16.7. The first-order valence-electron chi connectivity index (χ1n) is 10.2. The van der Waals surface area contributed by atoms with Crippen LogP contribution >= 0.6 is 0 Å². The van der Waals surface area contributed by atoms with Gasteiger partial charge < -0.3 is 19.3 Å². The van der Waals surface area contributed by atoms with E-state index in [-0.39, 0.29) is 23.5 Å². The van der Waals surface area contributed by atoms with Crippen molar-refractivity contribution >= 4 is 23.8 Å². The van der Waals surface area contributed by atoms with Gasteiger partial charge in [0.25, 0.3) is 0 Å². The summed E-state index contributed by atoms with van der Waals surface area (Å²) in [5.41, 5.74) is 2.63. The number of carboxylic acid groups (broad SMARTS) is 1. The summed E-state index contributed by atoms with van der Waals surface area (Å²) in [6.07, 6.45) is 1.70. The largest absolute Gasteiger partial charge is 0.497 e. The number of ketones is 1. The quantitative estimate of drug-likeness (QED) is 0.362. The molecule has 3 aromatic rings. The van der Waals surface area contributed by atoms with E-state index in [0.29, 0.717) is 28.4 Å². The van der Waals surface area contributed by atoms with Crippen molar-refractivity contribution in [1.82, 2.24) is 0 Å². The van der Waals surface area contributed by atoms with Gasteiger partial charge in [-0.05, 0) is 53.6 Å². The number of carbonyl (C=O) groups excluding carboxylic acids is 2. The van der Waals surface area contributed by atoms with Crippen LogP contribution in [0.2, 0.25) is 0 Å². The summed E-state index contributed by atoms with van der Waals surface area (Å²) < 4.78 is 16.6. The van der Waals surface area contributed by atoms with Gasteiger partial charge in [-0.1, -0.05) is 24.3 Å². The number of aromatic carboxylic acids is 1. The summed E-state index contributed by atoms with van der Waals surface area (Å²) >= 11 is 0. The van der Waals surface area contributed by atoms with Crippen LogP contribution in [0.5, 0.6) is 17.2 Å². The van der Waals surface area contributed by atoms with Crippen molar-refractivity contribution < 1.29 is 33.7 Å². The number of hydrogen-bond acceptors (Lipinski definition) is 6.